The normalized spacial score (nSPS) is 38.3. The molecule has 0 aromatic heterocycles. The number of aliphatic hydroxyl groups excluding tert-OH is 1. The van der Waals surface area contributed by atoms with Crippen LogP contribution in [-0.4, -0.2) is 64.4 Å². The van der Waals surface area contributed by atoms with Crippen LogP contribution in [0.2, 0.25) is 0 Å². The topological polar surface area (TPSA) is 142 Å². The van der Waals surface area contributed by atoms with Gasteiger partial charge in [0.15, 0.2) is 0 Å². The molecule has 2 heterocycles. The summed E-state index contributed by atoms with van der Waals surface area (Å²) in [6, 6.07) is -0.624. The molecule has 9 nitrogen and oxygen atoms in total. The number of amides is 4. The van der Waals surface area contributed by atoms with Crippen LogP contribution in [0.4, 0.5) is 4.79 Å². The van der Waals surface area contributed by atoms with Crippen LogP contribution >= 0.6 is 0 Å². The third-order valence-electron chi connectivity index (χ3n) is 5.72. The monoisotopic (exact) mass is 378 g/mol. The van der Waals surface area contributed by atoms with Crippen LogP contribution in [0, 0.1) is 5.92 Å². The fraction of sp³-hybridized carbons (Fsp3) is 0.667. The Hall–Kier alpha value is -2.42. The Bertz CT molecular complexity index is 681. The van der Waals surface area contributed by atoms with Gasteiger partial charge in [-0.1, -0.05) is 18.6 Å². The van der Waals surface area contributed by atoms with E-state index >= 15 is 0 Å². The number of aliphatic hydroxyl groups is 1. The van der Waals surface area contributed by atoms with Crippen molar-refractivity contribution in [3.63, 3.8) is 0 Å². The van der Waals surface area contributed by atoms with Crippen LogP contribution < -0.4 is 16.4 Å². The van der Waals surface area contributed by atoms with E-state index in [-0.39, 0.29) is 18.9 Å². The van der Waals surface area contributed by atoms with E-state index < -0.39 is 35.0 Å². The van der Waals surface area contributed by atoms with Crippen LogP contribution in [0.15, 0.2) is 12.2 Å². The number of hydrogen-bond acceptors (Lipinski definition) is 5. The molecule has 5 N–H and O–H groups in total. The van der Waals surface area contributed by atoms with Crippen molar-refractivity contribution < 1.29 is 24.3 Å². The second-order valence-corrected chi connectivity index (χ2v) is 7.63. The van der Waals surface area contributed by atoms with Gasteiger partial charge in [0.05, 0.1) is 12.6 Å². The van der Waals surface area contributed by atoms with Crippen molar-refractivity contribution in [3.05, 3.63) is 12.2 Å². The highest BCUT2D eigenvalue weighted by Crippen LogP contribution is 2.44. The fourth-order valence-electron chi connectivity index (χ4n) is 3.98. The summed E-state index contributed by atoms with van der Waals surface area (Å²) in [5.74, 6) is -1.99. The van der Waals surface area contributed by atoms with Crippen molar-refractivity contribution in [1.82, 2.24) is 15.5 Å². The Balaban J connectivity index is 1.93. The Labute approximate surface area is 157 Å². The van der Waals surface area contributed by atoms with Crippen molar-refractivity contribution in [2.45, 2.75) is 55.7 Å². The van der Waals surface area contributed by atoms with Crippen molar-refractivity contribution in [1.29, 1.82) is 0 Å². The summed E-state index contributed by atoms with van der Waals surface area (Å²) in [7, 11) is 0. The zero-order valence-electron chi connectivity index (χ0n) is 15.1. The highest BCUT2D eigenvalue weighted by Gasteiger charge is 2.62. The summed E-state index contributed by atoms with van der Waals surface area (Å²) < 4.78 is 0. The average molecular weight is 378 g/mol. The quantitative estimate of drug-likeness (QED) is 0.282. The first-order valence-corrected chi connectivity index (χ1v) is 9.35. The number of nitrogens with one attached hydrogen (secondary N) is 2. The molecular formula is C18H26N4O5. The van der Waals surface area contributed by atoms with Crippen LogP contribution in [-0.2, 0) is 14.4 Å². The second kappa shape index (κ2) is 7.30. The van der Waals surface area contributed by atoms with Crippen LogP contribution in [0.25, 0.3) is 0 Å². The Morgan fingerprint density at radius 2 is 2.07 bits per heavy atom. The molecule has 0 radical (unpaired) electrons. The lowest BCUT2D eigenvalue weighted by Crippen LogP contribution is -2.67. The number of aldehydes is 1. The number of allylic oxidation sites excluding steroid dienone is 1. The van der Waals surface area contributed by atoms with Gasteiger partial charge in [-0.05, 0) is 25.7 Å². The zero-order valence-corrected chi connectivity index (χ0v) is 15.1. The molecule has 4 amide bonds. The maximum Gasteiger partial charge on any atom is 0.318 e. The predicted octanol–water partition coefficient (Wildman–Crippen LogP) is -0.809. The van der Waals surface area contributed by atoms with Crippen molar-refractivity contribution >= 4 is 24.1 Å². The maximum absolute atomic E-state index is 13.1. The molecule has 1 aliphatic carbocycles. The highest BCUT2D eigenvalue weighted by molar-refractivity contribution is 6.12. The SMILES string of the molecule is NC(=O)C12CC(O)CN1C(=O)NCCCCC/C=C/C1CC1(C=O)NC2=O. The number of fused-ring (bicyclic) bond motifs is 2. The largest absolute Gasteiger partial charge is 0.391 e. The fourth-order valence-corrected chi connectivity index (χ4v) is 3.98. The Morgan fingerprint density at radius 1 is 1.30 bits per heavy atom. The van der Waals surface area contributed by atoms with Gasteiger partial charge in [-0.2, -0.15) is 0 Å². The molecule has 2 aliphatic heterocycles. The van der Waals surface area contributed by atoms with E-state index in [2.05, 4.69) is 10.6 Å². The molecule has 9 heteroatoms. The molecule has 1 saturated heterocycles. The number of primary amides is 1. The number of carbonyl (C=O) groups is 4. The van der Waals surface area contributed by atoms with Crippen LogP contribution in [0.5, 0.6) is 0 Å². The summed E-state index contributed by atoms with van der Waals surface area (Å²) in [6.45, 7) is 0.214. The maximum atomic E-state index is 13.1. The summed E-state index contributed by atoms with van der Waals surface area (Å²) in [5.41, 5.74) is 2.42. The van der Waals surface area contributed by atoms with E-state index in [4.69, 9.17) is 5.73 Å². The van der Waals surface area contributed by atoms with Gasteiger partial charge in [0, 0.05) is 18.9 Å². The first-order valence-electron chi connectivity index (χ1n) is 9.35. The van der Waals surface area contributed by atoms with Gasteiger partial charge in [0.2, 0.25) is 5.54 Å². The van der Waals surface area contributed by atoms with E-state index in [1.165, 1.54) is 0 Å². The number of nitrogens with two attached hydrogens (primary N) is 1. The van der Waals surface area contributed by atoms with Gasteiger partial charge >= 0.3 is 6.03 Å². The van der Waals surface area contributed by atoms with E-state index in [0.717, 1.165) is 30.6 Å². The first-order chi connectivity index (χ1) is 12.9. The lowest BCUT2D eigenvalue weighted by atomic mass is 9.92. The number of rotatable bonds is 2. The van der Waals surface area contributed by atoms with E-state index in [9.17, 15) is 24.3 Å². The molecule has 0 aromatic rings. The summed E-state index contributed by atoms with van der Waals surface area (Å²) in [5, 5.41) is 15.4. The summed E-state index contributed by atoms with van der Waals surface area (Å²) in [4.78, 5) is 50.6. The molecule has 1 saturated carbocycles. The average Bonchev–Trinajstić information content (AvgIpc) is 3.17. The standard InChI is InChI=1S/C18H26N4O5/c19-14(25)18-9-13(24)10-22(18)16(27)20-7-5-3-1-2-4-6-12-8-17(12,11-23)21-15(18)26/h4,6,11-13,24H,1-3,5,7-10H2,(H2,19,25)(H,20,27)(H,21,26)/b6-4+. The van der Waals surface area contributed by atoms with Gasteiger partial charge in [0.1, 0.15) is 11.8 Å². The van der Waals surface area contributed by atoms with E-state index in [1.807, 2.05) is 12.2 Å². The minimum absolute atomic E-state index is 0.150. The Morgan fingerprint density at radius 3 is 2.78 bits per heavy atom. The minimum atomic E-state index is -2.02. The van der Waals surface area contributed by atoms with Crippen LogP contribution in [0.3, 0.4) is 0 Å². The molecule has 4 unspecified atom stereocenters. The van der Waals surface area contributed by atoms with Crippen LogP contribution in [0.1, 0.15) is 38.5 Å². The molecule has 0 bridgehead atoms. The molecular weight excluding hydrogens is 352 g/mol. The summed E-state index contributed by atoms with van der Waals surface area (Å²) >= 11 is 0. The molecule has 0 aromatic carbocycles. The Kier molecular flexibility index (Phi) is 5.23. The lowest BCUT2D eigenvalue weighted by molar-refractivity contribution is -0.142. The summed E-state index contributed by atoms with van der Waals surface area (Å²) in [6.07, 6.45) is 7.13. The number of β-amino-alcohol motifs (C(OH)–C–C–N with tert-alkyl or cyclic N) is 1. The van der Waals surface area contributed by atoms with Gasteiger partial charge < -0.3 is 26.3 Å². The van der Waals surface area contributed by atoms with E-state index in [1.54, 1.807) is 0 Å². The first kappa shape index (κ1) is 19.3. The predicted molar refractivity (Wildman–Crippen MR) is 95.3 cm³/mol. The van der Waals surface area contributed by atoms with Crippen molar-refractivity contribution in [2.24, 2.45) is 11.7 Å². The number of hydrogen-bond donors (Lipinski definition) is 4. The molecule has 148 valence electrons. The van der Waals surface area contributed by atoms with Crippen molar-refractivity contribution in [2.75, 3.05) is 13.1 Å². The van der Waals surface area contributed by atoms with E-state index in [0.29, 0.717) is 19.3 Å². The van der Waals surface area contributed by atoms with Gasteiger partial charge in [-0.25, -0.2) is 4.79 Å². The van der Waals surface area contributed by atoms with Crippen molar-refractivity contribution in [3.8, 4) is 0 Å². The smallest absolute Gasteiger partial charge is 0.318 e. The lowest BCUT2D eigenvalue weighted by Gasteiger charge is -2.34. The molecule has 0 spiro atoms. The number of nitrogens with zero attached hydrogens (tertiary/aromatic N) is 1. The van der Waals surface area contributed by atoms with Gasteiger partial charge in [-0.15, -0.1) is 0 Å². The molecule has 3 aliphatic rings. The number of urea groups is 1. The zero-order chi connectivity index (χ0) is 19.7. The second-order valence-electron chi connectivity index (χ2n) is 7.63. The van der Waals surface area contributed by atoms with Gasteiger partial charge in [0.25, 0.3) is 11.8 Å². The molecule has 27 heavy (non-hydrogen) atoms. The third kappa shape index (κ3) is 3.43. The number of carbonyl (C=O) groups excluding carboxylic acids is 4. The minimum Gasteiger partial charge on any atom is -0.391 e. The molecule has 2 fully saturated rings. The molecule has 3 rings (SSSR count). The molecule has 4 atom stereocenters. The third-order valence-corrected chi connectivity index (χ3v) is 5.72. The highest BCUT2D eigenvalue weighted by atomic mass is 16.3. The van der Waals surface area contributed by atoms with Gasteiger partial charge in [-0.3, -0.25) is 14.5 Å².